The molecule has 0 amide bonds. The van der Waals surface area contributed by atoms with Crippen molar-refractivity contribution in [1.82, 2.24) is 0 Å². The first-order valence-electron chi connectivity index (χ1n) is 8.96. The van der Waals surface area contributed by atoms with E-state index in [1.165, 1.54) is 16.8 Å². The molecule has 0 bridgehead atoms. The maximum absolute atomic E-state index is 11.7. The van der Waals surface area contributed by atoms with Gasteiger partial charge in [-0.3, -0.25) is 0 Å². The van der Waals surface area contributed by atoms with Crippen molar-refractivity contribution in [1.29, 1.82) is 0 Å². The predicted molar refractivity (Wildman–Crippen MR) is 100 cm³/mol. The summed E-state index contributed by atoms with van der Waals surface area (Å²) >= 11 is 0. The smallest absolute Gasteiger partial charge is 0.336 e. The van der Waals surface area contributed by atoms with Crippen LogP contribution in [0.25, 0.3) is 0 Å². The highest BCUT2D eigenvalue weighted by molar-refractivity contribution is 5.90. The fraction of sp³-hybridized carbons (Fsp3) is 0.318. The van der Waals surface area contributed by atoms with E-state index in [0.29, 0.717) is 23.3 Å². The summed E-state index contributed by atoms with van der Waals surface area (Å²) in [6, 6.07) is 13.9. The van der Waals surface area contributed by atoms with Crippen molar-refractivity contribution in [2.24, 2.45) is 5.92 Å². The number of carboxylic acid groups (broad SMARTS) is 1. The second kappa shape index (κ2) is 6.07. The molecule has 2 aromatic carbocycles. The maximum Gasteiger partial charge on any atom is 0.336 e. The molecule has 3 nitrogen and oxygen atoms in total. The van der Waals surface area contributed by atoms with Crippen LogP contribution in [0.1, 0.15) is 65.2 Å². The summed E-state index contributed by atoms with van der Waals surface area (Å²) in [6.45, 7) is 4.40. The number of para-hydroxylation sites is 1. The molecular formula is C22H23NO2. The Morgan fingerprint density at radius 3 is 2.64 bits per heavy atom. The number of rotatable bonds is 3. The molecule has 0 spiro atoms. The zero-order chi connectivity index (χ0) is 17.6. The van der Waals surface area contributed by atoms with Crippen LogP contribution in [0.4, 0.5) is 5.69 Å². The van der Waals surface area contributed by atoms with E-state index in [-0.39, 0.29) is 6.04 Å². The molecule has 0 aromatic heterocycles. The summed E-state index contributed by atoms with van der Waals surface area (Å²) in [6.07, 6.45) is 5.51. The quantitative estimate of drug-likeness (QED) is 0.746. The van der Waals surface area contributed by atoms with E-state index in [2.05, 4.69) is 49.5 Å². The van der Waals surface area contributed by atoms with E-state index in [0.717, 1.165) is 12.0 Å². The van der Waals surface area contributed by atoms with E-state index in [9.17, 15) is 9.90 Å². The Morgan fingerprint density at radius 1 is 1.12 bits per heavy atom. The zero-order valence-electron chi connectivity index (χ0n) is 14.6. The molecule has 1 heterocycles. The Morgan fingerprint density at radius 2 is 1.88 bits per heavy atom. The molecule has 1 aliphatic heterocycles. The summed E-state index contributed by atoms with van der Waals surface area (Å²) in [5.74, 6) is 0.264. The number of aromatic carboxylic acids is 1. The molecule has 0 radical (unpaired) electrons. The normalized spacial score (nSPS) is 23.9. The highest BCUT2D eigenvalue weighted by atomic mass is 16.4. The fourth-order valence-corrected chi connectivity index (χ4v) is 4.40. The largest absolute Gasteiger partial charge is 0.478 e. The molecule has 3 heteroatoms. The van der Waals surface area contributed by atoms with Crippen LogP contribution in [0.5, 0.6) is 0 Å². The molecule has 3 atom stereocenters. The fourth-order valence-electron chi connectivity index (χ4n) is 4.40. The minimum Gasteiger partial charge on any atom is -0.478 e. The first-order valence-corrected chi connectivity index (χ1v) is 8.96. The maximum atomic E-state index is 11.7. The number of hydrogen-bond acceptors (Lipinski definition) is 2. The highest BCUT2D eigenvalue weighted by Gasteiger charge is 2.39. The van der Waals surface area contributed by atoms with Gasteiger partial charge in [-0.25, -0.2) is 4.79 Å². The second-order valence-corrected chi connectivity index (χ2v) is 7.33. The number of fused-ring (bicyclic) bond motifs is 3. The summed E-state index contributed by atoms with van der Waals surface area (Å²) < 4.78 is 0. The standard InChI is InChI=1S/C22H23NO2/c1-13(2)14-9-5-11-16-15-10-6-12-17(15)21(23-20(14)16)18-7-3-4-8-19(18)22(24)25/h3-11,13,15,17,21,23H,12H2,1-2H3,(H,24,25)/t15-,17+,21+/m1/s1. The van der Waals surface area contributed by atoms with Crippen LogP contribution >= 0.6 is 0 Å². The van der Waals surface area contributed by atoms with Gasteiger partial charge in [0.25, 0.3) is 0 Å². The van der Waals surface area contributed by atoms with Gasteiger partial charge in [0.1, 0.15) is 0 Å². The molecule has 25 heavy (non-hydrogen) atoms. The van der Waals surface area contributed by atoms with Crippen molar-refractivity contribution in [3.05, 3.63) is 76.9 Å². The van der Waals surface area contributed by atoms with Crippen LogP contribution in [0.15, 0.2) is 54.6 Å². The Hall–Kier alpha value is -2.55. The molecule has 2 aliphatic rings. The molecule has 0 unspecified atom stereocenters. The monoisotopic (exact) mass is 333 g/mol. The van der Waals surface area contributed by atoms with E-state index < -0.39 is 5.97 Å². The topological polar surface area (TPSA) is 49.3 Å². The number of carboxylic acids is 1. The molecule has 0 saturated carbocycles. The van der Waals surface area contributed by atoms with Gasteiger partial charge in [-0.15, -0.1) is 0 Å². The van der Waals surface area contributed by atoms with Gasteiger partial charge in [-0.2, -0.15) is 0 Å². The first kappa shape index (κ1) is 15.9. The third kappa shape index (κ3) is 2.55. The van der Waals surface area contributed by atoms with Crippen LogP contribution in [0.3, 0.4) is 0 Å². The van der Waals surface area contributed by atoms with Gasteiger partial charge in [0, 0.05) is 11.6 Å². The lowest BCUT2D eigenvalue weighted by atomic mass is 9.75. The SMILES string of the molecule is CC(C)c1cccc2c1N[C@H](c1ccccc1C(=O)O)[C@H]1CC=C[C@H]21. The summed E-state index contributed by atoms with van der Waals surface area (Å²) in [5.41, 5.74) is 5.12. The highest BCUT2D eigenvalue weighted by Crippen LogP contribution is 2.51. The van der Waals surface area contributed by atoms with Gasteiger partial charge in [-0.1, -0.05) is 62.4 Å². The van der Waals surface area contributed by atoms with Gasteiger partial charge in [0.15, 0.2) is 0 Å². The Bertz CT molecular complexity index is 853. The minimum absolute atomic E-state index is 0.0136. The van der Waals surface area contributed by atoms with E-state index in [4.69, 9.17) is 0 Å². The molecule has 1 aliphatic carbocycles. The molecule has 2 aromatic rings. The average molecular weight is 333 g/mol. The summed E-state index contributed by atoms with van der Waals surface area (Å²) in [5, 5.41) is 13.4. The lowest BCUT2D eigenvalue weighted by Gasteiger charge is -2.39. The lowest BCUT2D eigenvalue weighted by molar-refractivity contribution is 0.0694. The Labute approximate surface area is 148 Å². The van der Waals surface area contributed by atoms with E-state index >= 15 is 0 Å². The molecule has 4 rings (SSSR count). The number of nitrogens with one attached hydrogen (secondary N) is 1. The average Bonchev–Trinajstić information content (AvgIpc) is 3.10. The molecule has 0 fully saturated rings. The van der Waals surface area contributed by atoms with E-state index in [1.807, 2.05) is 12.1 Å². The number of allylic oxidation sites excluding steroid dienone is 2. The van der Waals surface area contributed by atoms with Crippen molar-refractivity contribution in [2.45, 2.75) is 38.1 Å². The van der Waals surface area contributed by atoms with Crippen molar-refractivity contribution < 1.29 is 9.90 Å². The van der Waals surface area contributed by atoms with Crippen LogP contribution < -0.4 is 5.32 Å². The van der Waals surface area contributed by atoms with E-state index in [1.54, 1.807) is 12.1 Å². The van der Waals surface area contributed by atoms with Crippen LogP contribution in [-0.4, -0.2) is 11.1 Å². The molecule has 0 saturated heterocycles. The first-order chi connectivity index (χ1) is 12.1. The number of benzene rings is 2. The summed E-state index contributed by atoms with van der Waals surface area (Å²) in [4.78, 5) is 11.7. The lowest BCUT2D eigenvalue weighted by Crippen LogP contribution is -2.31. The van der Waals surface area contributed by atoms with Crippen LogP contribution in [-0.2, 0) is 0 Å². The van der Waals surface area contributed by atoms with Crippen molar-refractivity contribution >= 4 is 11.7 Å². The zero-order valence-corrected chi connectivity index (χ0v) is 14.6. The van der Waals surface area contributed by atoms with Gasteiger partial charge >= 0.3 is 5.97 Å². The van der Waals surface area contributed by atoms with Crippen LogP contribution in [0.2, 0.25) is 0 Å². The summed E-state index contributed by atoms with van der Waals surface area (Å²) in [7, 11) is 0. The van der Waals surface area contributed by atoms with Crippen molar-refractivity contribution in [2.75, 3.05) is 5.32 Å². The number of carbonyl (C=O) groups is 1. The minimum atomic E-state index is -0.858. The molecule has 128 valence electrons. The molecule has 2 N–H and O–H groups in total. The van der Waals surface area contributed by atoms with Gasteiger partial charge in [0.05, 0.1) is 11.6 Å². The van der Waals surface area contributed by atoms with Gasteiger partial charge in [0.2, 0.25) is 0 Å². The predicted octanol–water partition coefficient (Wildman–Crippen LogP) is 5.33. The van der Waals surface area contributed by atoms with Crippen LogP contribution in [0, 0.1) is 5.92 Å². The number of hydrogen-bond donors (Lipinski definition) is 2. The van der Waals surface area contributed by atoms with Crippen molar-refractivity contribution in [3.8, 4) is 0 Å². The van der Waals surface area contributed by atoms with Crippen molar-refractivity contribution in [3.63, 3.8) is 0 Å². The third-order valence-corrected chi connectivity index (χ3v) is 5.58. The van der Waals surface area contributed by atoms with Gasteiger partial charge in [-0.05, 0) is 41.0 Å². The Balaban J connectivity index is 1.86. The van der Waals surface area contributed by atoms with Gasteiger partial charge < -0.3 is 10.4 Å². The third-order valence-electron chi connectivity index (χ3n) is 5.58. The Kier molecular flexibility index (Phi) is 3.87. The second-order valence-electron chi connectivity index (χ2n) is 7.33. The number of anilines is 1. The molecular weight excluding hydrogens is 310 g/mol.